The molecule has 1 rings (SSSR count). The Morgan fingerprint density at radius 3 is 2.47 bits per heavy atom. The van der Waals surface area contributed by atoms with E-state index in [2.05, 4.69) is 10.6 Å². The Balaban J connectivity index is 2.77. The van der Waals surface area contributed by atoms with Crippen molar-refractivity contribution in [2.75, 3.05) is 11.6 Å². The largest absolute Gasteiger partial charge is 0.344 e. The third-order valence-corrected chi connectivity index (χ3v) is 3.37. The predicted molar refractivity (Wildman–Crippen MR) is 79.3 cm³/mol. The molecule has 0 bridgehead atoms. The minimum atomic E-state index is -0.518. The van der Waals surface area contributed by atoms with Crippen LogP contribution in [0.15, 0.2) is 29.2 Å². The molecule has 0 radical (unpaired) electrons. The van der Waals surface area contributed by atoms with E-state index >= 15 is 0 Å². The predicted octanol–water partition coefficient (Wildman–Crippen LogP) is 2.51. The van der Waals surface area contributed by atoms with Gasteiger partial charge in [0.05, 0.1) is 0 Å². The molecule has 0 unspecified atom stereocenters. The third kappa shape index (κ3) is 4.95. The van der Waals surface area contributed by atoms with Crippen molar-refractivity contribution in [1.82, 2.24) is 5.32 Å². The minimum absolute atomic E-state index is 0.0348. The summed E-state index contributed by atoms with van der Waals surface area (Å²) < 4.78 is 0. The Bertz CT molecular complexity index is 461. The lowest BCUT2D eigenvalue weighted by Gasteiger charge is -2.21. The summed E-state index contributed by atoms with van der Waals surface area (Å²) in [6, 6.07) is 7.10. The molecule has 0 aliphatic heterocycles. The first kappa shape index (κ1) is 15.6. The third-order valence-electron chi connectivity index (χ3n) is 2.65. The van der Waals surface area contributed by atoms with Crippen molar-refractivity contribution in [3.63, 3.8) is 0 Å². The molecule has 0 saturated heterocycles. The average Bonchev–Trinajstić information content (AvgIpc) is 2.35. The van der Waals surface area contributed by atoms with Crippen LogP contribution in [-0.4, -0.2) is 24.1 Å². The van der Waals surface area contributed by atoms with Gasteiger partial charge in [-0.2, -0.15) is 0 Å². The zero-order valence-electron chi connectivity index (χ0n) is 11.7. The first-order valence-electron chi connectivity index (χ1n) is 6.16. The van der Waals surface area contributed by atoms with Crippen LogP contribution in [0.4, 0.5) is 5.69 Å². The van der Waals surface area contributed by atoms with E-state index in [0.717, 1.165) is 10.6 Å². The van der Waals surface area contributed by atoms with Gasteiger partial charge in [0.15, 0.2) is 0 Å². The molecule has 2 amide bonds. The molecule has 4 nitrogen and oxygen atoms in total. The fourth-order valence-electron chi connectivity index (χ4n) is 1.67. The van der Waals surface area contributed by atoms with Crippen LogP contribution < -0.4 is 10.6 Å². The first-order valence-corrected chi connectivity index (χ1v) is 7.38. The number of rotatable bonds is 5. The summed E-state index contributed by atoms with van der Waals surface area (Å²) in [6.07, 6.45) is 1.98. The molecule has 0 aromatic heterocycles. The maximum Gasteiger partial charge on any atom is 0.247 e. The second-order valence-corrected chi connectivity index (χ2v) is 5.52. The molecular weight excluding hydrogens is 260 g/mol. The first-order chi connectivity index (χ1) is 8.93. The lowest BCUT2D eigenvalue weighted by atomic mass is 10.0. The van der Waals surface area contributed by atoms with Gasteiger partial charge in [-0.1, -0.05) is 19.9 Å². The summed E-state index contributed by atoms with van der Waals surface area (Å²) >= 11 is 1.61. The Morgan fingerprint density at radius 1 is 1.26 bits per heavy atom. The van der Waals surface area contributed by atoms with Crippen LogP contribution in [0.25, 0.3) is 0 Å². The molecule has 2 N–H and O–H groups in total. The highest BCUT2D eigenvalue weighted by Gasteiger charge is 2.22. The van der Waals surface area contributed by atoms with Crippen molar-refractivity contribution in [2.24, 2.45) is 5.92 Å². The molecule has 0 heterocycles. The normalized spacial score (nSPS) is 12.1. The van der Waals surface area contributed by atoms with E-state index in [1.54, 1.807) is 11.8 Å². The molecule has 0 spiro atoms. The van der Waals surface area contributed by atoms with E-state index in [1.165, 1.54) is 6.92 Å². The Kier molecular flexibility index (Phi) is 5.89. The average molecular weight is 280 g/mol. The highest BCUT2D eigenvalue weighted by atomic mass is 32.2. The minimum Gasteiger partial charge on any atom is -0.344 e. The molecule has 0 saturated carbocycles. The van der Waals surface area contributed by atoms with Crippen LogP contribution in [0.2, 0.25) is 0 Å². The lowest BCUT2D eigenvalue weighted by Crippen LogP contribution is -2.46. The van der Waals surface area contributed by atoms with Gasteiger partial charge in [0, 0.05) is 17.5 Å². The van der Waals surface area contributed by atoms with E-state index in [0.29, 0.717) is 0 Å². The van der Waals surface area contributed by atoms with Crippen LogP contribution in [-0.2, 0) is 9.59 Å². The van der Waals surface area contributed by atoms with Gasteiger partial charge in [-0.05, 0) is 30.4 Å². The number of carbonyl (C=O) groups is 2. The van der Waals surface area contributed by atoms with Crippen molar-refractivity contribution in [3.05, 3.63) is 24.3 Å². The summed E-state index contributed by atoms with van der Waals surface area (Å²) in [5, 5.41) is 5.51. The zero-order valence-corrected chi connectivity index (χ0v) is 12.5. The molecule has 19 heavy (non-hydrogen) atoms. The van der Waals surface area contributed by atoms with Gasteiger partial charge in [-0.25, -0.2) is 0 Å². The number of nitrogens with one attached hydrogen (secondary N) is 2. The second kappa shape index (κ2) is 7.19. The molecule has 1 atom stereocenters. The Labute approximate surface area is 118 Å². The van der Waals surface area contributed by atoms with E-state index < -0.39 is 6.04 Å². The summed E-state index contributed by atoms with van der Waals surface area (Å²) in [6.45, 7) is 5.22. The van der Waals surface area contributed by atoms with Gasteiger partial charge in [-0.15, -0.1) is 11.8 Å². The van der Waals surface area contributed by atoms with Crippen LogP contribution in [0, 0.1) is 5.92 Å². The van der Waals surface area contributed by atoms with E-state index in [4.69, 9.17) is 0 Å². The van der Waals surface area contributed by atoms with Crippen molar-refractivity contribution in [3.8, 4) is 0 Å². The fraction of sp³-hybridized carbons (Fsp3) is 0.429. The molecule has 1 aromatic rings. The summed E-state index contributed by atoms with van der Waals surface area (Å²) in [7, 11) is 0. The standard InChI is InChI=1S/C14H20N2O2S/c1-9(2)13(15-10(3)17)14(18)16-11-6-5-7-12(8-11)19-4/h5-9,13H,1-4H3,(H,15,17)(H,16,18)/t13-/m0/s1. The van der Waals surface area contributed by atoms with Crippen LogP contribution in [0.3, 0.4) is 0 Å². The highest BCUT2D eigenvalue weighted by Crippen LogP contribution is 2.19. The van der Waals surface area contributed by atoms with Crippen LogP contribution in [0.5, 0.6) is 0 Å². The van der Waals surface area contributed by atoms with Crippen molar-refractivity contribution in [2.45, 2.75) is 31.7 Å². The zero-order chi connectivity index (χ0) is 14.4. The van der Waals surface area contributed by atoms with Gasteiger partial charge in [0.2, 0.25) is 11.8 Å². The van der Waals surface area contributed by atoms with E-state index in [1.807, 2.05) is 44.4 Å². The number of hydrogen-bond acceptors (Lipinski definition) is 3. The monoisotopic (exact) mass is 280 g/mol. The molecule has 5 heteroatoms. The van der Waals surface area contributed by atoms with Crippen molar-refractivity contribution < 1.29 is 9.59 Å². The summed E-state index contributed by atoms with van der Waals surface area (Å²) in [5.41, 5.74) is 0.743. The van der Waals surface area contributed by atoms with Gasteiger partial charge >= 0.3 is 0 Å². The van der Waals surface area contributed by atoms with Crippen molar-refractivity contribution in [1.29, 1.82) is 0 Å². The topological polar surface area (TPSA) is 58.2 Å². The van der Waals surface area contributed by atoms with E-state index in [9.17, 15) is 9.59 Å². The van der Waals surface area contributed by atoms with Crippen LogP contribution in [0.1, 0.15) is 20.8 Å². The summed E-state index contributed by atoms with van der Waals surface area (Å²) in [4.78, 5) is 24.4. The van der Waals surface area contributed by atoms with Gasteiger partial charge in [-0.3, -0.25) is 9.59 Å². The molecule has 0 aliphatic rings. The van der Waals surface area contributed by atoms with Gasteiger partial charge < -0.3 is 10.6 Å². The van der Waals surface area contributed by atoms with Crippen molar-refractivity contribution >= 4 is 29.3 Å². The highest BCUT2D eigenvalue weighted by molar-refractivity contribution is 7.98. The number of amides is 2. The SMILES string of the molecule is CSc1cccc(NC(=O)[C@@H](NC(C)=O)C(C)C)c1. The second-order valence-electron chi connectivity index (χ2n) is 4.64. The van der Waals surface area contributed by atoms with E-state index in [-0.39, 0.29) is 17.7 Å². The smallest absolute Gasteiger partial charge is 0.247 e. The number of carbonyl (C=O) groups excluding carboxylic acids is 2. The fourth-order valence-corrected chi connectivity index (χ4v) is 2.13. The molecule has 0 aliphatic carbocycles. The molecule has 104 valence electrons. The Hall–Kier alpha value is -1.49. The quantitative estimate of drug-likeness (QED) is 0.815. The van der Waals surface area contributed by atoms with Crippen LogP contribution >= 0.6 is 11.8 Å². The van der Waals surface area contributed by atoms with Gasteiger partial charge in [0.1, 0.15) is 6.04 Å². The number of thioether (sulfide) groups is 1. The number of hydrogen-bond donors (Lipinski definition) is 2. The maximum absolute atomic E-state index is 12.2. The number of anilines is 1. The molecular formula is C14H20N2O2S. The lowest BCUT2D eigenvalue weighted by molar-refractivity contribution is -0.126. The molecule has 1 aromatic carbocycles. The molecule has 0 fully saturated rings. The Morgan fingerprint density at radius 2 is 1.95 bits per heavy atom. The summed E-state index contributed by atoms with van der Waals surface area (Å²) in [5.74, 6) is -0.359. The maximum atomic E-state index is 12.2. The van der Waals surface area contributed by atoms with Gasteiger partial charge in [0.25, 0.3) is 0 Å². The number of benzene rings is 1.